The average Bonchev–Trinajstić information content (AvgIpc) is 2.63. The number of carbonyl (C=O) groups excluding carboxylic acids is 1. The number of hydrogen-bond acceptors (Lipinski definition) is 4. The number of rotatable bonds is 8. The highest BCUT2D eigenvalue weighted by molar-refractivity contribution is 7.91. The lowest BCUT2D eigenvalue weighted by Crippen LogP contribution is -2.32. The third kappa shape index (κ3) is 4.99. The Labute approximate surface area is 159 Å². The maximum absolute atomic E-state index is 13.1. The van der Waals surface area contributed by atoms with Crippen LogP contribution in [-0.4, -0.2) is 40.8 Å². The zero-order valence-corrected chi connectivity index (χ0v) is 16.4. The Hall–Kier alpha value is -2.05. The quantitative estimate of drug-likeness (QED) is 0.699. The van der Waals surface area contributed by atoms with Gasteiger partial charge >= 0.3 is 0 Å². The highest BCUT2D eigenvalue weighted by Gasteiger charge is 2.29. The molecule has 0 spiro atoms. The maximum atomic E-state index is 13.1. The van der Waals surface area contributed by atoms with E-state index in [4.69, 9.17) is 11.6 Å². The van der Waals surface area contributed by atoms with Gasteiger partial charge in [-0.15, -0.1) is 11.6 Å². The third-order valence-corrected chi connectivity index (χ3v) is 6.34. The fourth-order valence-electron chi connectivity index (χ4n) is 2.55. The number of amides is 1. The largest absolute Gasteiger partial charge is 0.378 e. The SMILES string of the molecule is CN(C)c1ccc([C@@H](CNC(=O)CCCl)S(=O)(=O)c2ccccc2)cc1. The molecule has 0 saturated heterocycles. The van der Waals surface area contributed by atoms with Crippen LogP contribution in [0, 0.1) is 0 Å². The van der Waals surface area contributed by atoms with Crippen molar-refractivity contribution in [2.75, 3.05) is 31.4 Å². The second-order valence-corrected chi connectivity index (χ2v) is 8.58. The zero-order valence-electron chi connectivity index (χ0n) is 14.9. The van der Waals surface area contributed by atoms with E-state index in [1.54, 1.807) is 42.5 Å². The fraction of sp³-hybridized carbons (Fsp3) is 0.316. The minimum absolute atomic E-state index is 0.00569. The summed E-state index contributed by atoms with van der Waals surface area (Å²) >= 11 is 5.58. The van der Waals surface area contributed by atoms with Gasteiger partial charge in [0, 0.05) is 38.6 Å². The molecule has 1 atom stereocenters. The van der Waals surface area contributed by atoms with E-state index < -0.39 is 15.1 Å². The van der Waals surface area contributed by atoms with E-state index >= 15 is 0 Å². The molecular weight excluding hydrogens is 372 g/mol. The van der Waals surface area contributed by atoms with E-state index in [0.717, 1.165) is 5.69 Å². The molecule has 5 nitrogen and oxygen atoms in total. The zero-order chi connectivity index (χ0) is 19.2. The Morgan fingerprint density at radius 1 is 1.08 bits per heavy atom. The molecule has 0 heterocycles. The summed E-state index contributed by atoms with van der Waals surface area (Å²) in [5.74, 6) is -0.0717. The van der Waals surface area contributed by atoms with Gasteiger partial charge in [0.2, 0.25) is 5.91 Å². The molecule has 0 radical (unpaired) electrons. The van der Waals surface area contributed by atoms with Crippen LogP contribution >= 0.6 is 11.6 Å². The van der Waals surface area contributed by atoms with E-state index in [-0.39, 0.29) is 29.6 Å². The van der Waals surface area contributed by atoms with Gasteiger partial charge in [0.05, 0.1) is 4.90 Å². The second-order valence-electron chi connectivity index (χ2n) is 6.08. The first-order valence-corrected chi connectivity index (χ1v) is 10.3. The number of benzene rings is 2. The predicted molar refractivity (Wildman–Crippen MR) is 105 cm³/mol. The summed E-state index contributed by atoms with van der Waals surface area (Å²) < 4.78 is 26.3. The van der Waals surface area contributed by atoms with Gasteiger partial charge in [-0.3, -0.25) is 4.79 Å². The van der Waals surface area contributed by atoms with Crippen LogP contribution in [0.2, 0.25) is 0 Å². The van der Waals surface area contributed by atoms with E-state index in [0.29, 0.717) is 5.56 Å². The summed E-state index contributed by atoms with van der Waals surface area (Å²) in [6.07, 6.45) is 0.152. The number of carbonyl (C=O) groups is 1. The van der Waals surface area contributed by atoms with E-state index in [9.17, 15) is 13.2 Å². The van der Waals surface area contributed by atoms with Crippen LogP contribution in [0.15, 0.2) is 59.5 Å². The van der Waals surface area contributed by atoms with Gasteiger partial charge in [0.1, 0.15) is 5.25 Å². The monoisotopic (exact) mass is 394 g/mol. The standard InChI is InChI=1S/C19H23ClN2O3S/c1-22(2)16-10-8-15(9-11-16)18(14-21-19(23)12-13-20)26(24,25)17-6-4-3-5-7-17/h3-11,18H,12-14H2,1-2H3,(H,21,23)/t18-/m1/s1. The molecule has 2 rings (SSSR count). The van der Waals surface area contributed by atoms with Gasteiger partial charge in [-0.1, -0.05) is 30.3 Å². The van der Waals surface area contributed by atoms with Gasteiger partial charge in [-0.25, -0.2) is 8.42 Å². The van der Waals surface area contributed by atoms with E-state index in [2.05, 4.69) is 5.32 Å². The average molecular weight is 395 g/mol. The smallest absolute Gasteiger partial charge is 0.221 e. The number of hydrogen-bond donors (Lipinski definition) is 1. The Morgan fingerprint density at radius 2 is 1.69 bits per heavy atom. The summed E-state index contributed by atoms with van der Waals surface area (Å²) in [5.41, 5.74) is 1.60. The van der Waals surface area contributed by atoms with Gasteiger partial charge in [-0.2, -0.15) is 0 Å². The molecule has 26 heavy (non-hydrogen) atoms. The van der Waals surface area contributed by atoms with Crippen LogP contribution in [0.4, 0.5) is 5.69 Å². The first-order chi connectivity index (χ1) is 12.4. The topological polar surface area (TPSA) is 66.5 Å². The van der Waals surface area contributed by atoms with Crippen LogP contribution in [0.5, 0.6) is 0 Å². The number of sulfone groups is 1. The molecule has 140 valence electrons. The molecule has 0 fully saturated rings. The minimum Gasteiger partial charge on any atom is -0.378 e. The molecule has 1 N–H and O–H groups in total. The van der Waals surface area contributed by atoms with Crippen molar-refractivity contribution in [1.29, 1.82) is 0 Å². The van der Waals surface area contributed by atoms with Gasteiger partial charge in [-0.05, 0) is 29.8 Å². The third-order valence-electron chi connectivity index (χ3n) is 4.03. The van der Waals surface area contributed by atoms with Gasteiger partial charge in [0.25, 0.3) is 0 Å². The molecule has 0 aromatic heterocycles. The Morgan fingerprint density at radius 3 is 2.23 bits per heavy atom. The predicted octanol–water partition coefficient (Wildman–Crippen LogP) is 3.01. The summed E-state index contributed by atoms with van der Waals surface area (Å²) in [5, 5.41) is 1.81. The van der Waals surface area contributed by atoms with E-state index in [1.807, 2.05) is 31.1 Å². The summed E-state index contributed by atoms with van der Waals surface area (Å²) in [4.78, 5) is 14.0. The number of halogens is 1. The number of nitrogens with zero attached hydrogens (tertiary/aromatic N) is 1. The van der Waals surface area contributed by atoms with Gasteiger partial charge < -0.3 is 10.2 Å². The van der Waals surface area contributed by atoms with Crippen molar-refractivity contribution in [1.82, 2.24) is 5.32 Å². The maximum Gasteiger partial charge on any atom is 0.221 e. The second kappa shape index (κ2) is 9.05. The molecule has 0 aliphatic heterocycles. The molecular formula is C19H23ClN2O3S. The molecule has 0 aliphatic carbocycles. The molecule has 1 amide bonds. The van der Waals surface area contributed by atoms with Crippen LogP contribution < -0.4 is 10.2 Å². The Bertz CT molecular complexity index is 822. The number of anilines is 1. The lowest BCUT2D eigenvalue weighted by Gasteiger charge is -2.20. The summed E-state index contributed by atoms with van der Waals surface area (Å²) in [6.45, 7) is -0.00569. The van der Waals surface area contributed by atoms with Crippen LogP contribution in [0.3, 0.4) is 0 Å². The Balaban J connectivity index is 2.37. The Kier molecular flexibility index (Phi) is 7.06. The highest BCUT2D eigenvalue weighted by atomic mass is 35.5. The molecule has 2 aromatic carbocycles. The van der Waals surface area contributed by atoms with Gasteiger partial charge in [0.15, 0.2) is 9.84 Å². The first kappa shape index (κ1) is 20.3. The molecule has 0 aliphatic rings. The lowest BCUT2D eigenvalue weighted by molar-refractivity contribution is -0.120. The summed E-state index contributed by atoms with van der Waals surface area (Å²) in [7, 11) is 0.173. The van der Waals surface area contributed by atoms with Crippen molar-refractivity contribution in [3.8, 4) is 0 Å². The van der Waals surface area contributed by atoms with Crippen molar-refractivity contribution in [2.24, 2.45) is 0 Å². The number of nitrogens with one attached hydrogen (secondary N) is 1. The molecule has 2 aromatic rings. The fourth-order valence-corrected chi connectivity index (χ4v) is 4.40. The highest BCUT2D eigenvalue weighted by Crippen LogP contribution is 2.29. The van der Waals surface area contributed by atoms with Crippen molar-refractivity contribution in [2.45, 2.75) is 16.6 Å². The number of alkyl halides is 1. The van der Waals surface area contributed by atoms with E-state index in [1.165, 1.54) is 0 Å². The first-order valence-electron chi connectivity index (χ1n) is 8.25. The molecule has 0 unspecified atom stereocenters. The van der Waals surface area contributed by atoms with Crippen molar-refractivity contribution in [3.63, 3.8) is 0 Å². The van der Waals surface area contributed by atoms with Crippen molar-refractivity contribution in [3.05, 3.63) is 60.2 Å². The molecule has 0 bridgehead atoms. The normalized spacial score (nSPS) is 12.4. The van der Waals surface area contributed by atoms with Crippen LogP contribution in [0.1, 0.15) is 17.2 Å². The summed E-state index contributed by atoms with van der Waals surface area (Å²) in [6, 6.07) is 15.6. The van der Waals surface area contributed by atoms with Crippen LogP contribution in [0.25, 0.3) is 0 Å². The van der Waals surface area contributed by atoms with Crippen LogP contribution in [-0.2, 0) is 14.6 Å². The minimum atomic E-state index is -3.66. The van der Waals surface area contributed by atoms with Crippen molar-refractivity contribution >= 4 is 33.0 Å². The molecule has 7 heteroatoms. The van der Waals surface area contributed by atoms with Crippen molar-refractivity contribution < 1.29 is 13.2 Å². The molecule has 0 saturated carbocycles. The lowest BCUT2D eigenvalue weighted by atomic mass is 10.1.